The van der Waals surface area contributed by atoms with E-state index >= 15 is 0 Å². The summed E-state index contributed by atoms with van der Waals surface area (Å²) in [6, 6.07) is 6.20. The van der Waals surface area contributed by atoms with Crippen LogP contribution in [0.15, 0.2) is 18.2 Å². The minimum atomic E-state index is 0.119. The summed E-state index contributed by atoms with van der Waals surface area (Å²) in [5.41, 5.74) is 2.31. The van der Waals surface area contributed by atoms with Gasteiger partial charge in [-0.25, -0.2) is 0 Å². The van der Waals surface area contributed by atoms with E-state index in [4.69, 9.17) is 4.74 Å². The number of benzene rings is 1. The number of likely N-dealkylation sites (N-methyl/N-ethyl adjacent to an activating group) is 1. The predicted molar refractivity (Wildman–Crippen MR) is 91.5 cm³/mol. The Morgan fingerprint density at radius 1 is 1.32 bits per heavy atom. The third kappa shape index (κ3) is 5.68. The Hall–Kier alpha value is -1.55. The van der Waals surface area contributed by atoms with E-state index in [1.54, 1.807) is 7.11 Å². The molecule has 0 bridgehead atoms. The van der Waals surface area contributed by atoms with Crippen LogP contribution < -0.4 is 10.1 Å². The van der Waals surface area contributed by atoms with Crippen molar-refractivity contribution in [2.24, 2.45) is 5.92 Å². The molecule has 0 aliphatic rings. The van der Waals surface area contributed by atoms with Crippen molar-refractivity contribution in [2.45, 2.75) is 33.1 Å². The highest BCUT2D eigenvalue weighted by molar-refractivity contribution is 5.77. The van der Waals surface area contributed by atoms with E-state index in [0.717, 1.165) is 17.9 Å². The predicted octanol–water partition coefficient (Wildman–Crippen LogP) is 2.81. The third-order valence-corrected chi connectivity index (χ3v) is 3.94. The number of aryl methyl sites for hydroxylation is 1. The van der Waals surface area contributed by atoms with Gasteiger partial charge in [-0.2, -0.15) is 0 Å². The average Bonchev–Trinajstić information content (AvgIpc) is 2.44. The highest BCUT2D eigenvalue weighted by Gasteiger charge is 2.20. The molecule has 1 unspecified atom stereocenters. The first-order valence-corrected chi connectivity index (χ1v) is 7.91. The second-order valence-electron chi connectivity index (χ2n) is 6.44. The van der Waals surface area contributed by atoms with Gasteiger partial charge in [0.2, 0.25) is 5.91 Å². The Kier molecular flexibility index (Phi) is 7.39. The third-order valence-electron chi connectivity index (χ3n) is 3.94. The SMILES string of the molecule is COc1ccc(C(CC(=O)NCCN(C)C)C(C)C)cc1C. The van der Waals surface area contributed by atoms with Crippen molar-refractivity contribution in [1.29, 1.82) is 0 Å². The number of amides is 1. The number of nitrogens with one attached hydrogen (secondary N) is 1. The highest BCUT2D eigenvalue weighted by Crippen LogP contribution is 2.31. The fraction of sp³-hybridized carbons (Fsp3) is 0.611. The Labute approximate surface area is 134 Å². The van der Waals surface area contributed by atoms with Gasteiger partial charge in [0.05, 0.1) is 7.11 Å². The zero-order valence-electron chi connectivity index (χ0n) is 14.8. The van der Waals surface area contributed by atoms with E-state index in [2.05, 4.69) is 36.2 Å². The van der Waals surface area contributed by atoms with Crippen LogP contribution in [0, 0.1) is 12.8 Å². The maximum Gasteiger partial charge on any atom is 0.220 e. The van der Waals surface area contributed by atoms with Crippen LogP contribution in [0.2, 0.25) is 0 Å². The van der Waals surface area contributed by atoms with Gasteiger partial charge in [0.25, 0.3) is 0 Å². The summed E-state index contributed by atoms with van der Waals surface area (Å²) in [6.07, 6.45) is 0.525. The molecule has 0 fully saturated rings. The van der Waals surface area contributed by atoms with Crippen molar-refractivity contribution in [3.8, 4) is 5.75 Å². The van der Waals surface area contributed by atoms with Crippen LogP contribution in [0.3, 0.4) is 0 Å². The van der Waals surface area contributed by atoms with Gasteiger partial charge >= 0.3 is 0 Å². The van der Waals surface area contributed by atoms with E-state index in [0.29, 0.717) is 18.9 Å². The molecule has 4 nitrogen and oxygen atoms in total. The lowest BCUT2D eigenvalue weighted by Gasteiger charge is -2.22. The van der Waals surface area contributed by atoms with Crippen molar-refractivity contribution < 1.29 is 9.53 Å². The molecular formula is C18H30N2O2. The number of ether oxygens (including phenoxy) is 1. The molecule has 22 heavy (non-hydrogen) atoms. The van der Waals surface area contributed by atoms with Crippen LogP contribution >= 0.6 is 0 Å². The molecule has 4 heteroatoms. The van der Waals surface area contributed by atoms with Gasteiger partial charge in [-0.05, 0) is 50.0 Å². The van der Waals surface area contributed by atoms with Crippen molar-refractivity contribution in [1.82, 2.24) is 10.2 Å². The second kappa shape index (κ2) is 8.79. The standard InChI is InChI=1S/C18H30N2O2/c1-13(2)16(12-18(21)19-9-10-20(4)5)15-7-8-17(22-6)14(3)11-15/h7-8,11,13,16H,9-10,12H2,1-6H3,(H,19,21). The molecular weight excluding hydrogens is 276 g/mol. The summed E-state index contributed by atoms with van der Waals surface area (Å²) in [5, 5.41) is 3.00. The number of hydrogen-bond acceptors (Lipinski definition) is 3. The van der Waals surface area contributed by atoms with E-state index in [1.807, 2.05) is 27.1 Å². The number of carbonyl (C=O) groups is 1. The first-order valence-electron chi connectivity index (χ1n) is 7.91. The van der Waals surface area contributed by atoms with Gasteiger partial charge in [0.1, 0.15) is 5.75 Å². The smallest absolute Gasteiger partial charge is 0.220 e. The van der Waals surface area contributed by atoms with Gasteiger partial charge in [-0.3, -0.25) is 4.79 Å². The quantitative estimate of drug-likeness (QED) is 0.803. The van der Waals surface area contributed by atoms with E-state index < -0.39 is 0 Å². The monoisotopic (exact) mass is 306 g/mol. The molecule has 0 aromatic heterocycles. The van der Waals surface area contributed by atoms with Gasteiger partial charge in [-0.15, -0.1) is 0 Å². The zero-order chi connectivity index (χ0) is 16.7. The zero-order valence-corrected chi connectivity index (χ0v) is 14.8. The molecule has 1 amide bonds. The van der Waals surface area contributed by atoms with Crippen LogP contribution in [-0.4, -0.2) is 45.1 Å². The van der Waals surface area contributed by atoms with Crippen LogP contribution in [0.4, 0.5) is 0 Å². The van der Waals surface area contributed by atoms with E-state index in [-0.39, 0.29) is 11.8 Å². The highest BCUT2D eigenvalue weighted by atomic mass is 16.5. The van der Waals surface area contributed by atoms with Crippen molar-refractivity contribution in [3.05, 3.63) is 29.3 Å². The largest absolute Gasteiger partial charge is 0.496 e. The molecule has 0 saturated carbocycles. The molecule has 1 rings (SSSR count). The Morgan fingerprint density at radius 3 is 2.50 bits per heavy atom. The van der Waals surface area contributed by atoms with Crippen molar-refractivity contribution in [3.63, 3.8) is 0 Å². The number of carbonyl (C=O) groups excluding carboxylic acids is 1. The number of hydrogen-bond donors (Lipinski definition) is 1. The van der Waals surface area contributed by atoms with Crippen molar-refractivity contribution in [2.75, 3.05) is 34.3 Å². The molecule has 0 aliphatic heterocycles. The van der Waals surface area contributed by atoms with Gasteiger partial charge in [0, 0.05) is 19.5 Å². The van der Waals surface area contributed by atoms with Gasteiger partial charge in [-0.1, -0.05) is 26.0 Å². The average molecular weight is 306 g/mol. The van der Waals surface area contributed by atoms with Crippen LogP contribution in [-0.2, 0) is 4.79 Å². The summed E-state index contributed by atoms with van der Waals surface area (Å²) >= 11 is 0. The molecule has 124 valence electrons. The summed E-state index contributed by atoms with van der Waals surface area (Å²) in [4.78, 5) is 14.2. The summed E-state index contributed by atoms with van der Waals surface area (Å²) < 4.78 is 5.31. The summed E-state index contributed by atoms with van der Waals surface area (Å²) in [7, 11) is 5.69. The lowest BCUT2D eigenvalue weighted by atomic mass is 9.85. The number of rotatable bonds is 8. The van der Waals surface area contributed by atoms with Crippen molar-refractivity contribution >= 4 is 5.91 Å². The van der Waals surface area contributed by atoms with Gasteiger partial charge in [0.15, 0.2) is 0 Å². The van der Waals surface area contributed by atoms with E-state index in [1.165, 1.54) is 5.56 Å². The summed E-state index contributed by atoms with van der Waals surface area (Å²) in [6.45, 7) is 7.92. The first kappa shape index (κ1) is 18.5. The summed E-state index contributed by atoms with van der Waals surface area (Å²) in [5.74, 6) is 1.65. The van der Waals surface area contributed by atoms with Crippen LogP contribution in [0.25, 0.3) is 0 Å². The fourth-order valence-electron chi connectivity index (χ4n) is 2.56. The first-order chi connectivity index (χ1) is 10.3. The molecule has 0 spiro atoms. The maximum atomic E-state index is 12.2. The minimum absolute atomic E-state index is 0.119. The van der Waals surface area contributed by atoms with E-state index in [9.17, 15) is 4.79 Å². The second-order valence-corrected chi connectivity index (χ2v) is 6.44. The fourth-order valence-corrected chi connectivity index (χ4v) is 2.56. The van der Waals surface area contributed by atoms with Crippen LogP contribution in [0.1, 0.15) is 37.3 Å². The lowest BCUT2D eigenvalue weighted by molar-refractivity contribution is -0.121. The molecule has 1 atom stereocenters. The normalized spacial score (nSPS) is 12.5. The number of nitrogens with zero attached hydrogens (tertiary/aromatic N) is 1. The minimum Gasteiger partial charge on any atom is -0.496 e. The molecule has 0 aliphatic carbocycles. The lowest BCUT2D eigenvalue weighted by Crippen LogP contribution is -2.32. The topological polar surface area (TPSA) is 41.6 Å². The molecule has 1 aromatic carbocycles. The maximum absolute atomic E-state index is 12.2. The Balaban J connectivity index is 2.73. The molecule has 0 radical (unpaired) electrons. The molecule has 0 heterocycles. The Morgan fingerprint density at radius 2 is 2.00 bits per heavy atom. The molecule has 0 saturated heterocycles. The molecule has 1 aromatic rings. The Bertz CT molecular complexity index is 484. The molecule has 1 N–H and O–H groups in total. The van der Waals surface area contributed by atoms with Crippen LogP contribution in [0.5, 0.6) is 5.75 Å². The van der Waals surface area contributed by atoms with Gasteiger partial charge < -0.3 is 15.0 Å². The number of methoxy groups -OCH3 is 1.